The zero-order valence-electron chi connectivity index (χ0n) is 15.5. The van der Waals surface area contributed by atoms with Crippen molar-refractivity contribution in [3.05, 3.63) is 71.6 Å². The third kappa shape index (κ3) is 4.49. The van der Waals surface area contributed by atoms with Crippen molar-refractivity contribution in [2.75, 3.05) is 12.4 Å². The highest BCUT2D eigenvalue weighted by molar-refractivity contribution is 5.91. The first-order valence-corrected chi connectivity index (χ1v) is 8.74. The number of anilines is 1. The molecule has 1 heterocycles. The average molecular weight is 383 g/mol. The molecule has 2 aromatic carbocycles. The first-order chi connectivity index (χ1) is 13.5. The third-order valence-electron chi connectivity index (χ3n) is 4.17. The van der Waals surface area contributed by atoms with Gasteiger partial charge in [0.25, 0.3) is 0 Å². The Morgan fingerprint density at radius 3 is 2.50 bits per heavy atom. The maximum absolute atomic E-state index is 13.3. The van der Waals surface area contributed by atoms with Crippen LogP contribution in [-0.2, 0) is 17.6 Å². The minimum atomic E-state index is -0.983. The van der Waals surface area contributed by atoms with Crippen molar-refractivity contribution in [2.24, 2.45) is 0 Å². The van der Waals surface area contributed by atoms with E-state index in [4.69, 9.17) is 4.74 Å². The molecule has 0 saturated carbocycles. The zero-order valence-corrected chi connectivity index (χ0v) is 15.5. The van der Waals surface area contributed by atoms with Gasteiger partial charge < -0.3 is 10.1 Å². The van der Waals surface area contributed by atoms with E-state index in [-0.39, 0.29) is 12.3 Å². The highest BCUT2D eigenvalue weighted by atomic mass is 19.2. The summed E-state index contributed by atoms with van der Waals surface area (Å²) < 4.78 is 31.4. The lowest BCUT2D eigenvalue weighted by Crippen LogP contribution is -2.17. The van der Waals surface area contributed by atoms with E-state index in [2.05, 4.69) is 15.3 Å². The first-order valence-electron chi connectivity index (χ1n) is 8.74. The smallest absolute Gasteiger partial charge is 0.229 e. The summed E-state index contributed by atoms with van der Waals surface area (Å²) in [7, 11) is 1.60. The summed E-state index contributed by atoms with van der Waals surface area (Å²) in [6.45, 7) is 1.91. The summed E-state index contributed by atoms with van der Waals surface area (Å²) in [5, 5.41) is 2.69. The quantitative estimate of drug-likeness (QED) is 0.694. The van der Waals surface area contributed by atoms with E-state index < -0.39 is 11.6 Å². The molecule has 1 aromatic heterocycles. The summed E-state index contributed by atoms with van der Waals surface area (Å²) in [4.78, 5) is 21.2. The van der Waals surface area contributed by atoms with Gasteiger partial charge in [0.1, 0.15) is 5.75 Å². The van der Waals surface area contributed by atoms with Crippen LogP contribution >= 0.6 is 0 Å². The number of methoxy groups -OCH3 is 1. The summed E-state index contributed by atoms with van der Waals surface area (Å²) in [5.74, 6) is -1.21. The van der Waals surface area contributed by atoms with Crippen LogP contribution in [0.15, 0.2) is 48.7 Å². The normalized spacial score (nSPS) is 10.6. The number of halogens is 2. The predicted molar refractivity (Wildman–Crippen MR) is 102 cm³/mol. The van der Waals surface area contributed by atoms with Crippen molar-refractivity contribution < 1.29 is 18.3 Å². The van der Waals surface area contributed by atoms with Crippen molar-refractivity contribution in [1.82, 2.24) is 9.97 Å². The van der Waals surface area contributed by atoms with Crippen LogP contribution in [0.5, 0.6) is 5.75 Å². The molecular weight excluding hydrogens is 364 g/mol. The van der Waals surface area contributed by atoms with Gasteiger partial charge in [0.2, 0.25) is 5.91 Å². The molecule has 5 nitrogen and oxygen atoms in total. The highest BCUT2D eigenvalue weighted by Gasteiger charge is 2.12. The molecule has 0 spiro atoms. The molecule has 0 atom stereocenters. The molecule has 1 N–H and O–H groups in total. The fourth-order valence-corrected chi connectivity index (χ4v) is 2.69. The lowest BCUT2D eigenvalue weighted by Gasteiger charge is -2.11. The van der Waals surface area contributed by atoms with Gasteiger partial charge in [-0.1, -0.05) is 13.0 Å². The van der Waals surface area contributed by atoms with Gasteiger partial charge in [0.05, 0.1) is 31.1 Å². The maximum Gasteiger partial charge on any atom is 0.229 e. The Bertz CT molecular complexity index is 991. The molecule has 0 bridgehead atoms. The third-order valence-corrected chi connectivity index (χ3v) is 4.17. The minimum absolute atomic E-state index is 0.0950. The SMILES string of the molecule is CCc1nc(-c2ccc(OC)cc2)cnc1NC(=O)Cc1ccc(F)c(F)c1. The van der Waals surface area contributed by atoms with E-state index in [0.717, 1.165) is 23.4 Å². The maximum atomic E-state index is 13.3. The van der Waals surface area contributed by atoms with Crippen LogP contribution in [-0.4, -0.2) is 23.0 Å². The molecule has 0 aliphatic carbocycles. The second kappa shape index (κ2) is 8.56. The van der Waals surface area contributed by atoms with Crippen LogP contribution < -0.4 is 10.1 Å². The Morgan fingerprint density at radius 1 is 1.11 bits per heavy atom. The summed E-state index contributed by atoms with van der Waals surface area (Å²) >= 11 is 0. The summed E-state index contributed by atoms with van der Waals surface area (Å²) in [6.07, 6.45) is 2.05. The molecular formula is C21H19F2N3O2. The van der Waals surface area contributed by atoms with Crippen molar-refractivity contribution in [2.45, 2.75) is 19.8 Å². The number of hydrogen-bond acceptors (Lipinski definition) is 4. The van der Waals surface area contributed by atoms with Crippen LogP contribution in [0, 0.1) is 11.6 Å². The van der Waals surface area contributed by atoms with E-state index in [0.29, 0.717) is 29.2 Å². The van der Waals surface area contributed by atoms with Crippen molar-refractivity contribution in [1.29, 1.82) is 0 Å². The Morgan fingerprint density at radius 2 is 1.86 bits per heavy atom. The Kier molecular flexibility index (Phi) is 5.93. The van der Waals surface area contributed by atoms with E-state index in [1.165, 1.54) is 6.07 Å². The van der Waals surface area contributed by atoms with Gasteiger partial charge in [-0.25, -0.2) is 18.7 Å². The Labute approximate surface area is 161 Å². The Hall–Kier alpha value is -3.35. The van der Waals surface area contributed by atoms with Crippen molar-refractivity contribution in [3.63, 3.8) is 0 Å². The van der Waals surface area contributed by atoms with Crippen LogP contribution in [0.2, 0.25) is 0 Å². The molecule has 1 amide bonds. The van der Waals surface area contributed by atoms with E-state index >= 15 is 0 Å². The highest BCUT2D eigenvalue weighted by Crippen LogP contribution is 2.22. The number of aromatic nitrogens is 2. The van der Waals surface area contributed by atoms with Crippen molar-refractivity contribution >= 4 is 11.7 Å². The second-order valence-corrected chi connectivity index (χ2v) is 6.11. The number of rotatable bonds is 6. The monoisotopic (exact) mass is 383 g/mol. The largest absolute Gasteiger partial charge is 0.497 e. The first kappa shape index (κ1) is 19.4. The second-order valence-electron chi connectivity index (χ2n) is 6.11. The molecule has 0 unspecified atom stereocenters. The molecule has 0 radical (unpaired) electrons. The summed E-state index contributed by atoms with van der Waals surface area (Å²) in [6, 6.07) is 10.8. The number of hydrogen-bond donors (Lipinski definition) is 1. The van der Waals surface area contributed by atoms with Gasteiger partial charge in [-0.15, -0.1) is 0 Å². The summed E-state index contributed by atoms with van der Waals surface area (Å²) in [5.41, 5.74) is 2.56. The number of benzene rings is 2. The number of aryl methyl sites for hydroxylation is 1. The fourth-order valence-electron chi connectivity index (χ4n) is 2.69. The molecule has 0 fully saturated rings. The molecule has 3 rings (SSSR count). The minimum Gasteiger partial charge on any atom is -0.497 e. The number of carbonyl (C=O) groups excluding carboxylic acids is 1. The number of amides is 1. The molecule has 7 heteroatoms. The van der Waals surface area contributed by atoms with Crippen LogP contribution in [0.25, 0.3) is 11.3 Å². The standard InChI is InChI=1S/C21H19F2N3O2/c1-3-18-21(26-20(27)11-13-4-9-16(22)17(23)10-13)24-12-19(25-18)14-5-7-15(28-2)8-6-14/h4-10,12H,3,11H2,1-2H3,(H,24,26,27). The van der Waals surface area contributed by atoms with Crippen LogP contribution in [0.3, 0.4) is 0 Å². The average Bonchev–Trinajstić information content (AvgIpc) is 2.71. The number of carbonyl (C=O) groups is 1. The van der Waals surface area contributed by atoms with Crippen LogP contribution in [0.4, 0.5) is 14.6 Å². The molecule has 144 valence electrons. The van der Waals surface area contributed by atoms with Gasteiger partial charge >= 0.3 is 0 Å². The molecule has 0 aliphatic heterocycles. The number of nitrogens with one attached hydrogen (secondary N) is 1. The Balaban J connectivity index is 1.76. The van der Waals surface area contributed by atoms with E-state index in [1.807, 2.05) is 31.2 Å². The molecule has 3 aromatic rings. The van der Waals surface area contributed by atoms with E-state index in [9.17, 15) is 13.6 Å². The van der Waals surface area contributed by atoms with Crippen molar-refractivity contribution in [3.8, 4) is 17.0 Å². The van der Waals surface area contributed by atoms with Crippen LogP contribution in [0.1, 0.15) is 18.2 Å². The lowest BCUT2D eigenvalue weighted by molar-refractivity contribution is -0.115. The van der Waals surface area contributed by atoms with Gasteiger partial charge in [-0.3, -0.25) is 4.79 Å². The fraction of sp³-hybridized carbons (Fsp3) is 0.190. The zero-order chi connectivity index (χ0) is 20.1. The molecule has 0 saturated heterocycles. The molecule has 0 aliphatic rings. The van der Waals surface area contributed by atoms with Gasteiger partial charge in [0, 0.05) is 5.56 Å². The molecule has 28 heavy (non-hydrogen) atoms. The lowest BCUT2D eigenvalue weighted by atomic mass is 10.1. The van der Waals surface area contributed by atoms with Gasteiger partial charge in [-0.2, -0.15) is 0 Å². The van der Waals surface area contributed by atoms with Gasteiger partial charge in [-0.05, 0) is 48.4 Å². The number of ether oxygens (including phenoxy) is 1. The van der Waals surface area contributed by atoms with E-state index in [1.54, 1.807) is 13.3 Å². The van der Waals surface area contributed by atoms with Gasteiger partial charge in [0.15, 0.2) is 17.5 Å². The number of nitrogens with zero attached hydrogens (tertiary/aromatic N) is 2. The topological polar surface area (TPSA) is 64.1 Å². The predicted octanol–water partition coefficient (Wildman–Crippen LogP) is 4.17.